The summed E-state index contributed by atoms with van der Waals surface area (Å²) >= 11 is 0. The van der Waals surface area contributed by atoms with E-state index < -0.39 is 15.9 Å². The van der Waals surface area contributed by atoms with E-state index >= 15 is 0 Å². The highest BCUT2D eigenvalue weighted by atomic mass is 32.2. The molecular formula is C12H17NO4S. The molecule has 0 aliphatic carbocycles. The van der Waals surface area contributed by atoms with Crippen molar-refractivity contribution < 1.29 is 18.3 Å². The fourth-order valence-electron chi connectivity index (χ4n) is 1.36. The summed E-state index contributed by atoms with van der Waals surface area (Å²) in [6, 6.07) is 6.18. The van der Waals surface area contributed by atoms with Crippen LogP contribution in [0.4, 0.5) is 0 Å². The maximum atomic E-state index is 11.5. The lowest BCUT2D eigenvalue weighted by Gasteiger charge is -2.07. The van der Waals surface area contributed by atoms with Gasteiger partial charge in [0.05, 0.1) is 17.4 Å². The molecule has 1 atom stereocenters. The Balaban J connectivity index is 2.62. The third-order valence-electron chi connectivity index (χ3n) is 2.31. The second kappa shape index (κ2) is 5.97. The van der Waals surface area contributed by atoms with Crippen LogP contribution in [0.25, 0.3) is 0 Å². The van der Waals surface area contributed by atoms with E-state index in [1.807, 2.05) is 0 Å². The van der Waals surface area contributed by atoms with Crippen LogP contribution in [0.15, 0.2) is 29.2 Å². The van der Waals surface area contributed by atoms with Crippen molar-refractivity contribution in [3.63, 3.8) is 0 Å². The molecule has 18 heavy (non-hydrogen) atoms. The molecule has 0 spiro atoms. The van der Waals surface area contributed by atoms with Gasteiger partial charge in [-0.1, -0.05) is 12.1 Å². The minimum atomic E-state index is -3.20. The number of carbonyl (C=O) groups excluding carboxylic acids is 1. The fraction of sp³-hybridized carbons (Fsp3) is 0.417. The lowest BCUT2D eigenvalue weighted by molar-refractivity contribution is -0.120. The maximum Gasteiger partial charge on any atom is 0.224 e. The highest BCUT2D eigenvalue weighted by Gasteiger charge is 2.08. The Morgan fingerprint density at radius 3 is 2.33 bits per heavy atom. The van der Waals surface area contributed by atoms with Crippen molar-refractivity contribution in [1.82, 2.24) is 5.32 Å². The van der Waals surface area contributed by atoms with Gasteiger partial charge in [-0.3, -0.25) is 4.79 Å². The van der Waals surface area contributed by atoms with Crippen LogP contribution < -0.4 is 5.32 Å². The number of hydrogen-bond acceptors (Lipinski definition) is 4. The molecule has 0 aliphatic rings. The molecular weight excluding hydrogens is 254 g/mol. The Labute approximate surface area is 107 Å². The molecule has 0 saturated carbocycles. The molecule has 1 amide bonds. The van der Waals surface area contributed by atoms with Gasteiger partial charge in [-0.2, -0.15) is 0 Å². The Kier molecular flexibility index (Phi) is 4.86. The smallest absolute Gasteiger partial charge is 0.224 e. The number of aliphatic hydroxyl groups excluding tert-OH is 1. The third kappa shape index (κ3) is 4.85. The van der Waals surface area contributed by atoms with E-state index in [2.05, 4.69) is 5.32 Å². The van der Waals surface area contributed by atoms with Gasteiger partial charge in [0.15, 0.2) is 9.84 Å². The molecule has 0 radical (unpaired) electrons. The predicted molar refractivity (Wildman–Crippen MR) is 67.9 cm³/mol. The summed E-state index contributed by atoms with van der Waals surface area (Å²) in [5.74, 6) is -0.206. The second-order valence-corrected chi connectivity index (χ2v) is 6.26. The van der Waals surface area contributed by atoms with Crippen LogP contribution in [-0.4, -0.2) is 38.3 Å². The van der Waals surface area contributed by atoms with Gasteiger partial charge in [-0.15, -0.1) is 0 Å². The van der Waals surface area contributed by atoms with Gasteiger partial charge in [-0.25, -0.2) is 8.42 Å². The minimum Gasteiger partial charge on any atom is -0.392 e. The van der Waals surface area contributed by atoms with Crippen LogP contribution in [-0.2, 0) is 21.1 Å². The quantitative estimate of drug-likeness (QED) is 0.797. The van der Waals surface area contributed by atoms with E-state index in [1.165, 1.54) is 12.1 Å². The van der Waals surface area contributed by atoms with Crippen LogP contribution in [0.2, 0.25) is 0 Å². The number of aliphatic hydroxyl groups is 1. The van der Waals surface area contributed by atoms with Crippen molar-refractivity contribution >= 4 is 15.7 Å². The lowest BCUT2D eigenvalue weighted by Crippen LogP contribution is -2.31. The van der Waals surface area contributed by atoms with Crippen molar-refractivity contribution in [3.8, 4) is 0 Å². The van der Waals surface area contributed by atoms with Crippen molar-refractivity contribution in [1.29, 1.82) is 0 Å². The van der Waals surface area contributed by atoms with E-state index in [0.29, 0.717) is 0 Å². The molecule has 0 aliphatic heterocycles. The summed E-state index contributed by atoms with van der Waals surface area (Å²) in [4.78, 5) is 11.7. The van der Waals surface area contributed by atoms with Gasteiger partial charge in [0.25, 0.3) is 0 Å². The molecule has 1 rings (SSSR count). The molecule has 0 aromatic heterocycles. The summed E-state index contributed by atoms with van der Waals surface area (Å²) in [5.41, 5.74) is 0.727. The topological polar surface area (TPSA) is 83.5 Å². The average Bonchev–Trinajstić information content (AvgIpc) is 2.26. The van der Waals surface area contributed by atoms with E-state index in [1.54, 1.807) is 19.1 Å². The Morgan fingerprint density at radius 1 is 1.33 bits per heavy atom. The zero-order chi connectivity index (χ0) is 13.8. The van der Waals surface area contributed by atoms with Gasteiger partial charge < -0.3 is 10.4 Å². The average molecular weight is 271 g/mol. The number of nitrogens with one attached hydrogen (secondary N) is 1. The largest absolute Gasteiger partial charge is 0.392 e. The summed E-state index contributed by atoms with van der Waals surface area (Å²) in [6.45, 7) is 1.79. The van der Waals surface area contributed by atoms with Crippen molar-refractivity contribution in [2.24, 2.45) is 0 Å². The number of amides is 1. The summed E-state index contributed by atoms with van der Waals surface area (Å²) in [7, 11) is -3.20. The molecule has 2 N–H and O–H groups in total. The predicted octanol–water partition coefficient (Wildman–Crippen LogP) is 0.130. The molecule has 0 heterocycles. The summed E-state index contributed by atoms with van der Waals surface area (Å²) in [6.07, 6.45) is 0.718. The third-order valence-corrected chi connectivity index (χ3v) is 3.44. The van der Waals surface area contributed by atoms with Gasteiger partial charge in [-0.05, 0) is 24.6 Å². The standard InChI is InChI=1S/C12H17NO4S/c1-9(14)8-13-12(15)7-10-3-5-11(6-4-10)18(2,16)17/h3-6,9,14H,7-8H2,1-2H3,(H,13,15). The first-order valence-corrected chi connectivity index (χ1v) is 7.42. The maximum absolute atomic E-state index is 11.5. The molecule has 1 aromatic carbocycles. The molecule has 1 aromatic rings. The summed E-state index contributed by atoms with van der Waals surface area (Å²) in [5, 5.41) is 11.6. The molecule has 0 fully saturated rings. The molecule has 100 valence electrons. The number of rotatable bonds is 5. The second-order valence-electron chi connectivity index (χ2n) is 4.25. The minimum absolute atomic E-state index is 0.163. The highest BCUT2D eigenvalue weighted by Crippen LogP contribution is 2.10. The van der Waals surface area contributed by atoms with Crippen LogP contribution in [0.5, 0.6) is 0 Å². The van der Waals surface area contributed by atoms with Gasteiger partial charge in [0.2, 0.25) is 5.91 Å². The SMILES string of the molecule is CC(O)CNC(=O)Cc1ccc(S(C)(=O)=O)cc1. The molecule has 0 bridgehead atoms. The van der Waals surface area contributed by atoms with Crippen LogP contribution in [0.1, 0.15) is 12.5 Å². The summed E-state index contributed by atoms with van der Waals surface area (Å²) < 4.78 is 22.5. The normalized spacial score (nSPS) is 13.1. The molecule has 0 saturated heterocycles. The van der Waals surface area contributed by atoms with Crippen LogP contribution in [0.3, 0.4) is 0 Å². The van der Waals surface area contributed by atoms with E-state index in [-0.39, 0.29) is 23.8 Å². The van der Waals surface area contributed by atoms with Crippen molar-refractivity contribution in [2.45, 2.75) is 24.3 Å². The van der Waals surface area contributed by atoms with Gasteiger partial charge >= 0.3 is 0 Å². The lowest BCUT2D eigenvalue weighted by atomic mass is 10.1. The molecule has 6 heteroatoms. The number of sulfone groups is 1. The van der Waals surface area contributed by atoms with Crippen molar-refractivity contribution in [3.05, 3.63) is 29.8 Å². The Bertz CT molecular complexity index is 505. The van der Waals surface area contributed by atoms with Gasteiger partial charge in [0, 0.05) is 12.8 Å². The Hall–Kier alpha value is -1.40. The number of carbonyl (C=O) groups is 1. The zero-order valence-electron chi connectivity index (χ0n) is 10.4. The van der Waals surface area contributed by atoms with Gasteiger partial charge in [0.1, 0.15) is 0 Å². The highest BCUT2D eigenvalue weighted by molar-refractivity contribution is 7.90. The zero-order valence-corrected chi connectivity index (χ0v) is 11.2. The first kappa shape index (κ1) is 14.7. The number of hydrogen-bond donors (Lipinski definition) is 2. The first-order valence-electron chi connectivity index (χ1n) is 5.53. The van der Waals surface area contributed by atoms with E-state index in [9.17, 15) is 13.2 Å². The Morgan fingerprint density at radius 2 is 1.89 bits per heavy atom. The monoisotopic (exact) mass is 271 g/mol. The van der Waals surface area contributed by atoms with Crippen LogP contribution in [0, 0.1) is 0 Å². The number of benzene rings is 1. The molecule has 1 unspecified atom stereocenters. The molecule has 5 nitrogen and oxygen atoms in total. The first-order chi connectivity index (χ1) is 8.29. The van der Waals surface area contributed by atoms with E-state index in [0.717, 1.165) is 11.8 Å². The van der Waals surface area contributed by atoms with E-state index in [4.69, 9.17) is 5.11 Å². The van der Waals surface area contributed by atoms with Crippen LogP contribution >= 0.6 is 0 Å². The van der Waals surface area contributed by atoms with Crippen molar-refractivity contribution in [2.75, 3.05) is 12.8 Å². The fourth-order valence-corrected chi connectivity index (χ4v) is 1.99.